The molecule has 3 rings (SSSR count). The molecule has 0 aliphatic carbocycles. The van der Waals surface area contributed by atoms with E-state index in [0.717, 1.165) is 22.5 Å². The van der Waals surface area contributed by atoms with E-state index in [2.05, 4.69) is 10.0 Å². The van der Waals surface area contributed by atoms with Gasteiger partial charge in [0.05, 0.1) is 11.1 Å². The second kappa shape index (κ2) is 7.70. The van der Waals surface area contributed by atoms with Crippen molar-refractivity contribution >= 4 is 33.4 Å². The van der Waals surface area contributed by atoms with Crippen molar-refractivity contribution in [1.82, 2.24) is 9.03 Å². The Morgan fingerprint density at radius 3 is 2.46 bits per heavy atom. The highest BCUT2D eigenvalue weighted by Crippen LogP contribution is 2.29. The summed E-state index contributed by atoms with van der Waals surface area (Å²) in [5.41, 5.74) is 0.364. The molecule has 150 valence electrons. The fraction of sp³-hybridized carbons (Fsp3) is 0.235. The molecule has 0 bridgehead atoms. The van der Waals surface area contributed by atoms with E-state index in [-0.39, 0.29) is 22.7 Å². The number of likely N-dealkylation sites (N-methyl/N-ethyl adjacent to an activating group) is 1. The zero-order chi connectivity index (χ0) is 20.6. The van der Waals surface area contributed by atoms with Gasteiger partial charge in [0, 0.05) is 12.7 Å². The van der Waals surface area contributed by atoms with Crippen molar-refractivity contribution in [1.29, 1.82) is 0 Å². The van der Waals surface area contributed by atoms with Gasteiger partial charge in [-0.2, -0.15) is 17.4 Å². The maximum atomic E-state index is 13.5. The lowest BCUT2D eigenvalue weighted by Gasteiger charge is -2.36. The van der Waals surface area contributed by atoms with Crippen molar-refractivity contribution in [3.8, 4) is 0 Å². The van der Waals surface area contributed by atoms with Crippen LogP contribution >= 0.6 is 11.6 Å². The highest BCUT2D eigenvalue weighted by Gasteiger charge is 2.40. The van der Waals surface area contributed by atoms with E-state index in [1.807, 2.05) is 0 Å². The Bertz CT molecular complexity index is 1040. The van der Waals surface area contributed by atoms with E-state index in [0.29, 0.717) is 0 Å². The number of nitrogens with one attached hydrogen (secondary N) is 2. The van der Waals surface area contributed by atoms with Gasteiger partial charge in [-0.1, -0.05) is 17.7 Å². The van der Waals surface area contributed by atoms with Crippen LogP contribution in [0.4, 0.5) is 18.9 Å². The molecule has 28 heavy (non-hydrogen) atoms. The maximum Gasteiger partial charge on any atom is 0.280 e. The lowest BCUT2D eigenvalue weighted by molar-refractivity contribution is -0.120. The Labute approximate surface area is 164 Å². The average Bonchev–Trinajstić information content (AvgIpc) is 2.62. The van der Waals surface area contributed by atoms with Crippen LogP contribution in [0, 0.1) is 17.5 Å². The molecule has 6 nitrogen and oxygen atoms in total. The van der Waals surface area contributed by atoms with Crippen molar-refractivity contribution in [2.24, 2.45) is 0 Å². The summed E-state index contributed by atoms with van der Waals surface area (Å²) in [5, 5.41) is 2.28. The first-order chi connectivity index (χ1) is 13.1. The monoisotopic (exact) mass is 433 g/mol. The summed E-state index contributed by atoms with van der Waals surface area (Å²) in [6.07, 6.45) is -0.0401. The molecule has 11 heteroatoms. The first kappa shape index (κ1) is 20.6. The minimum Gasteiger partial charge on any atom is -0.325 e. The standard InChI is InChI=1S/C17H15ClF3N3O3S/c1-24-16(17(25)22-10-3-5-12(19)11(18)7-10)8-15(23-28(24,26)27)9-2-4-13(20)14(21)6-9/h2-7,15-16,23H,8H2,1H3,(H,22,25)/t15-,16+/m0/s1. The van der Waals surface area contributed by atoms with E-state index in [9.17, 15) is 26.4 Å². The number of carbonyl (C=O) groups excluding carboxylic acids is 1. The molecule has 2 N–H and O–H groups in total. The number of benzene rings is 2. The third-order valence-corrected chi connectivity index (χ3v) is 6.29. The van der Waals surface area contributed by atoms with Crippen LogP contribution in [0.1, 0.15) is 18.0 Å². The molecule has 1 aliphatic heterocycles. The molecule has 0 saturated carbocycles. The number of hydrogen-bond acceptors (Lipinski definition) is 3. The molecule has 0 radical (unpaired) electrons. The first-order valence-electron chi connectivity index (χ1n) is 8.04. The van der Waals surface area contributed by atoms with Crippen LogP contribution in [0.3, 0.4) is 0 Å². The summed E-state index contributed by atoms with van der Waals surface area (Å²) in [5.74, 6) is -3.54. The first-order valence-corrected chi connectivity index (χ1v) is 9.86. The number of hydrogen-bond donors (Lipinski definition) is 2. The summed E-state index contributed by atoms with van der Waals surface area (Å²) in [4.78, 5) is 12.6. The Hall–Kier alpha value is -2.14. The molecular weight excluding hydrogens is 419 g/mol. The van der Waals surface area contributed by atoms with Crippen LogP contribution in [0.2, 0.25) is 5.02 Å². The number of nitrogens with zero attached hydrogens (tertiary/aromatic N) is 1. The summed E-state index contributed by atoms with van der Waals surface area (Å²) in [7, 11) is -2.85. The van der Waals surface area contributed by atoms with E-state index in [4.69, 9.17) is 11.6 Å². The van der Waals surface area contributed by atoms with Crippen molar-refractivity contribution < 1.29 is 26.4 Å². The lowest BCUT2D eigenvalue weighted by atomic mass is 9.99. The topological polar surface area (TPSA) is 78.5 Å². The van der Waals surface area contributed by atoms with Crippen LogP contribution in [0.25, 0.3) is 0 Å². The van der Waals surface area contributed by atoms with Gasteiger partial charge < -0.3 is 5.32 Å². The maximum absolute atomic E-state index is 13.5. The third-order valence-electron chi connectivity index (χ3n) is 4.40. The Morgan fingerprint density at radius 1 is 1.14 bits per heavy atom. The third kappa shape index (κ3) is 4.14. The van der Waals surface area contributed by atoms with E-state index < -0.39 is 45.7 Å². The molecule has 1 saturated heterocycles. The predicted molar refractivity (Wildman–Crippen MR) is 97.4 cm³/mol. The van der Waals surface area contributed by atoms with Gasteiger partial charge in [-0.3, -0.25) is 4.79 Å². The zero-order valence-electron chi connectivity index (χ0n) is 14.4. The number of halogens is 4. The molecular formula is C17H15ClF3N3O3S. The van der Waals surface area contributed by atoms with Crippen molar-refractivity contribution in [2.75, 3.05) is 12.4 Å². The number of rotatable bonds is 3. The minimum absolute atomic E-state index is 0.0401. The largest absolute Gasteiger partial charge is 0.325 e. The van der Waals surface area contributed by atoms with E-state index in [1.165, 1.54) is 25.2 Å². The lowest BCUT2D eigenvalue weighted by Crippen LogP contribution is -2.55. The van der Waals surface area contributed by atoms with Gasteiger partial charge in [0.25, 0.3) is 10.2 Å². The summed E-state index contributed by atoms with van der Waals surface area (Å²) in [6.45, 7) is 0. The van der Waals surface area contributed by atoms with Gasteiger partial charge in [-0.05, 0) is 42.3 Å². The molecule has 1 heterocycles. The molecule has 0 spiro atoms. The Kier molecular flexibility index (Phi) is 5.67. The number of amides is 1. The summed E-state index contributed by atoms with van der Waals surface area (Å²) in [6, 6.07) is 4.45. The Morgan fingerprint density at radius 2 is 1.82 bits per heavy atom. The Balaban J connectivity index is 1.86. The van der Waals surface area contributed by atoms with Crippen LogP contribution < -0.4 is 10.0 Å². The molecule has 2 atom stereocenters. The van der Waals surface area contributed by atoms with Crippen LogP contribution in [-0.2, 0) is 15.0 Å². The SMILES string of the molecule is CN1[C@@H](C(=O)Nc2ccc(F)c(Cl)c2)C[C@@H](c2ccc(F)c(F)c2)NS1(=O)=O. The number of carbonyl (C=O) groups is 1. The van der Waals surface area contributed by atoms with Gasteiger partial charge in [0.1, 0.15) is 11.9 Å². The fourth-order valence-corrected chi connectivity index (χ4v) is 4.31. The smallest absolute Gasteiger partial charge is 0.280 e. The second-order valence-corrected chi connectivity index (χ2v) is 8.40. The zero-order valence-corrected chi connectivity index (χ0v) is 16.0. The van der Waals surface area contributed by atoms with Gasteiger partial charge in [0.2, 0.25) is 5.91 Å². The minimum atomic E-state index is -4.06. The van der Waals surface area contributed by atoms with Gasteiger partial charge >= 0.3 is 0 Å². The van der Waals surface area contributed by atoms with E-state index >= 15 is 0 Å². The molecule has 0 unspecified atom stereocenters. The molecule has 2 aromatic carbocycles. The van der Waals surface area contributed by atoms with Gasteiger partial charge in [0.15, 0.2) is 11.6 Å². The highest BCUT2D eigenvalue weighted by molar-refractivity contribution is 7.87. The normalized spacial score (nSPS) is 22.0. The quantitative estimate of drug-likeness (QED) is 0.781. The summed E-state index contributed by atoms with van der Waals surface area (Å²) < 4.78 is 67.9. The average molecular weight is 434 g/mol. The molecule has 0 aromatic heterocycles. The highest BCUT2D eigenvalue weighted by atomic mass is 35.5. The van der Waals surface area contributed by atoms with Crippen molar-refractivity contribution in [3.05, 3.63) is 64.4 Å². The number of anilines is 1. The fourth-order valence-electron chi connectivity index (χ4n) is 2.86. The second-order valence-electron chi connectivity index (χ2n) is 6.23. The molecule has 1 fully saturated rings. The van der Waals surface area contributed by atoms with Crippen LogP contribution in [-0.4, -0.2) is 31.7 Å². The predicted octanol–water partition coefficient (Wildman–Crippen LogP) is 2.98. The van der Waals surface area contributed by atoms with E-state index in [1.54, 1.807) is 0 Å². The molecule has 1 aliphatic rings. The van der Waals surface area contributed by atoms with Crippen molar-refractivity contribution in [3.63, 3.8) is 0 Å². The summed E-state index contributed by atoms with van der Waals surface area (Å²) >= 11 is 5.68. The van der Waals surface area contributed by atoms with Crippen molar-refractivity contribution in [2.45, 2.75) is 18.5 Å². The molecule has 2 aromatic rings. The van der Waals surface area contributed by atoms with Crippen LogP contribution in [0.15, 0.2) is 36.4 Å². The van der Waals surface area contributed by atoms with Gasteiger partial charge in [-0.15, -0.1) is 0 Å². The van der Waals surface area contributed by atoms with Crippen LogP contribution in [0.5, 0.6) is 0 Å². The van der Waals surface area contributed by atoms with Gasteiger partial charge in [-0.25, -0.2) is 13.2 Å². The molecule has 1 amide bonds.